The number of rotatable bonds is 6. The van der Waals surface area contributed by atoms with Crippen LogP contribution in [0, 0.1) is 0 Å². The van der Waals surface area contributed by atoms with Gasteiger partial charge in [-0.05, 0) is 36.8 Å². The number of nitrogens with zero attached hydrogens (tertiary/aromatic N) is 3. The first-order chi connectivity index (χ1) is 15.6. The third kappa shape index (κ3) is 5.62. The van der Waals surface area contributed by atoms with Crippen LogP contribution in [0.3, 0.4) is 0 Å². The quantitative estimate of drug-likeness (QED) is 0.685. The average Bonchev–Trinajstić information content (AvgIpc) is 3.35. The standard InChI is InChI=1S/C24H31N3O5/c1-2-30-24(29)27-14-12-25(13-15-27)18-19-5-3-6-21(17-19)32-20-8-10-26(11-9-20)23(28)22-7-4-16-31-22/h3-7,16-17,20H,2,8-15,18H2,1H3. The SMILES string of the molecule is CCOC(=O)N1CCN(Cc2cccc(OC3CCN(C(=O)c4ccco4)CC3)c2)CC1. The highest BCUT2D eigenvalue weighted by Gasteiger charge is 2.26. The molecule has 4 rings (SSSR count). The highest BCUT2D eigenvalue weighted by atomic mass is 16.6. The maximum absolute atomic E-state index is 12.4. The van der Waals surface area contributed by atoms with Crippen LogP contribution >= 0.6 is 0 Å². The number of hydrogen-bond acceptors (Lipinski definition) is 6. The summed E-state index contributed by atoms with van der Waals surface area (Å²) in [6, 6.07) is 11.6. The predicted molar refractivity (Wildman–Crippen MR) is 119 cm³/mol. The van der Waals surface area contributed by atoms with E-state index in [1.165, 1.54) is 11.8 Å². The second kappa shape index (κ2) is 10.5. The van der Waals surface area contributed by atoms with Crippen molar-refractivity contribution in [3.05, 3.63) is 54.0 Å². The zero-order chi connectivity index (χ0) is 22.3. The maximum Gasteiger partial charge on any atom is 0.409 e. The molecule has 0 unspecified atom stereocenters. The first kappa shape index (κ1) is 22.2. The molecule has 2 saturated heterocycles. The van der Waals surface area contributed by atoms with Crippen molar-refractivity contribution in [3.63, 3.8) is 0 Å². The Morgan fingerprint density at radius 2 is 1.78 bits per heavy atom. The van der Waals surface area contributed by atoms with E-state index in [4.69, 9.17) is 13.9 Å². The molecule has 8 nitrogen and oxygen atoms in total. The summed E-state index contributed by atoms with van der Waals surface area (Å²) in [4.78, 5) is 30.2. The fourth-order valence-electron chi connectivity index (χ4n) is 4.20. The summed E-state index contributed by atoms with van der Waals surface area (Å²) in [6.07, 6.45) is 2.99. The van der Waals surface area contributed by atoms with Gasteiger partial charge in [-0.3, -0.25) is 9.69 Å². The number of likely N-dealkylation sites (tertiary alicyclic amines) is 1. The molecule has 2 fully saturated rings. The van der Waals surface area contributed by atoms with Gasteiger partial charge in [0.2, 0.25) is 0 Å². The Kier molecular flexibility index (Phi) is 7.32. The van der Waals surface area contributed by atoms with Crippen LogP contribution in [0.1, 0.15) is 35.9 Å². The van der Waals surface area contributed by atoms with Gasteiger partial charge in [-0.15, -0.1) is 0 Å². The second-order valence-corrected chi connectivity index (χ2v) is 8.20. The number of hydrogen-bond donors (Lipinski definition) is 0. The first-order valence-electron chi connectivity index (χ1n) is 11.3. The summed E-state index contributed by atoms with van der Waals surface area (Å²) in [5, 5.41) is 0. The average molecular weight is 442 g/mol. The lowest BCUT2D eigenvalue weighted by Crippen LogP contribution is -2.48. The molecule has 8 heteroatoms. The molecule has 2 aliphatic rings. The molecule has 172 valence electrons. The third-order valence-electron chi connectivity index (χ3n) is 5.97. The van der Waals surface area contributed by atoms with Crippen LogP contribution in [-0.4, -0.2) is 78.7 Å². The van der Waals surface area contributed by atoms with Crippen molar-refractivity contribution >= 4 is 12.0 Å². The van der Waals surface area contributed by atoms with Gasteiger partial charge in [0.25, 0.3) is 5.91 Å². The summed E-state index contributed by atoms with van der Waals surface area (Å²) >= 11 is 0. The number of furan rings is 1. The van der Waals surface area contributed by atoms with E-state index in [1.54, 1.807) is 17.0 Å². The van der Waals surface area contributed by atoms with E-state index in [9.17, 15) is 9.59 Å². The molecule has 3 heterocycles. The monoisotopic (exact) mass is 441 g/mol. The van der Waals surface area contributed by atoms with Crippen molar-refractivity contribution in [1.29, 1.82) is 0 Å². The van der Waals surface area contributed by atoms with E-state index in [0.29, 0.717) is 38.5 Å². The molecule has 0 radical (unpaired) electrons. The van der Waals surface area contributed by atoms with Crippen LogP contribution in [0.2, 0.25) is 0 Å². The molecule has 2 aromatic rings. The molecular formula is C24H31N3O5. The fourth-order valence-corrected chi connectivity index (χ4v) is 4.20. The summed E-state index contributed by atoms with van der Waals surface area (Å²) in [5.41, 5.74) is 1.19. The molecule has 1 aromatic carbocycles. The number of carbonyl (C=O) groups excluding carboxylic acids is 2. The molecule has 0 atom stereocenters. The van der Waals surface area contributed by atoms with Crippen molar-refractivity contribution in [2.24, 2.45) is 0 Å². The Balaban J connectivity index is 1.24. The van der Waals surface area contributed by atoms with Crippen LogP contribution < -0.4 is 4.74 Å². The summed E-state index contributed by atoms with van der Waals surface area (Å²) in [5.74, 6) is 1.20. The van der Waals surface area contributed by atoms with Crippen molar-refractivity contribution < 1.29 is 23.5 Å². The molecule has 2 aliphatic heterocycles. The molecule has 0 saturated carbocycles. The Bertz CT molecular complexity index is 885. The summed E-state index contributed by atoms with van der Waals surface area (Å²) < 4.78 is 16.5. The van der Waals surface area contributed by atoms with Crippen molar-refractivity contribution in [2.75, 3.05) is 45.9 Å². The number of carbonyl (C=O) groups is 2. The summed E-state index contributed by atoms with van der Waals surface area (Å²) in [7, 11) is 0. The first-order valence-corrected chi connectivity index (χ1v) is 11.3. The molecule has 1 aromatic heterocycles. The normalized spacial score (nSPS) is 17.9. The topological polar surface area (TPSA) is 75.5 Å². The van der Waals surface area contributed by atoms with Gasteiger partial charge in [-0.25, -0.2) is 4.79 Å². The minimum absolute atomic E-state index is 0.0569. The van der Waals surface area contributed by atoms with E-state index in [-0.39, 0.29) is 18.1 Å². The number of amides is 2. The van der Waals surface area contributed by atoms with Gasteiger partial charge in [0.1, 0.15) is 11.9 Å². The highest BCUT2D eigenvalue weighted by molar-refractivity contribution is 5.91. The van der Waals surface area contributed by atoms with Crippen LogP contribution in [0.15, 0.2) is 47.1 Å². The zero-order valence-corrected chi connectivity index (χ0v) is 18.6. The lowest BCUT2D eigenvalue weighted by atomic mass is 10.1. The van der Waals surface area contributed by atoms with E-state index in [0.717, 1.165) is 38.2 Å². The third-order valence-corrected chi connectivity index (χ3v) is 5.97. The van der Waals surface area contributed by atoms with Crippen LogP contribution in [0.4, 0.5) is 4.79 Å². The van der Waals surface area contributed by atoms with Crippen LogP contribution in [0.25, 0.3) is 0 Å². The van der Waals surface area contributed by atoms with E-state index in [2.05, 4.69) is 17.0 Å². The number of piperazine rings is 1. The van der Waals surface area contributed by atoms with Gasteiger partial charge < -0.3 is 23.7 Å². The molecule has 0 N–H and O–H groups in total. The van der Waals surface area contributed by atoms with E-state index >= 15 is 0 Å². The largest absolute Gasteiger partial charge is 0.490 e. The smallest absolute Gasteiger partial charge is 0.409 e. The Labute approximate surface area is 188 Å². The lowest BCUT2D eigenvalue weighted by Gasteiger charge is -2.34. The second-order valence-electron chi connectivity index (χ2n) is 8.20. The van der Waals surface area contributed by atoms with Crippen molar-refractivity contribution in [1.82, 2.24) is 14.7 Å². The van der Waals surface area contributed by atoms with Gasteiger partial charge in [0.15, 0.2) is 5.76 Å². The van der Waals surface area contributed by atoms with Gasteiger partial charge in [-0.1, -0.05) is 12.1 Å². The van der Waals surface area contributed by atoms with E-state index < -0.39 is 0 Å². The minimum Gasteiger partial charge on any atom is -0.490 e. The Morgan fingerprint density at radius 1 is 1.00 bits per heavy atom. The molecule has 32 heavy (non-hydrogen) atoms. The highest BCUT2D eigenvalue weighted by Crippen LogP contribution is 2.22. The molecule has 0 spiro atoms. The predicted octanol–water partition coefficient (Wildman–Crippen LogP) is 3.24. The zero-order valence-electron chi connectivity index (χ0n) is 18.6. The maximum atomic E-state index is 12.4. The molecule has 0 aliphatic carbocycles. The number of piperidine rings is 1. The van der Waals surface area contributed by atoms with Crippen molar-refractivity contribution in [3.8, 4) is 5.75 Å². The lowest BCUT2D eigenvalue weighted by molar-refractivity contribution is 0.0566. The van der Waals surface area contributed by atoms with Gasteiger partial charge >= 0.3 is 6.09 Å². The fraction of sp³-hybridized carbons (Fsp3) is 0.500. The number of benzene rings is 1. The minimum atomic E-state index is -0.223. The van der Waals surface area contributed by atoms with Crippen molar-refractivity contribution in [2.45, 2.75) is 32.4 Å². The molecule has 0 bridgehead atoms. The molecule has 2 amide bonds. The summed E-state index contributed by atoms with van der Waals surface area (Å²) in [6.45, 7) is 7.40. The van der Waals surface area contributed by atoms with E-state index in [1.807, 2.05) is 24.0 Å². The molecular weight excluding hydrogens is 410 g/mol. The van der Waals surface area contributed by atoms with Crippen LogP contribution in [0.5, 0.6) is 5.75 Å². The Morgan fingerprint density at radius 3 is 2.47 bits per heavy atom. The van der Waals surface area contributed by atoms with Gasteiger partial charge in [0.05, 0.1) is 12.9 Å². The Hall–Kier alpha value is -3.00. The van der Waals surface area contributed by atoms with Gasteiger partial charge in [0, 0.05) is 58.7 Å². The number of ether oxygens (including phenoxy) is 2. The van der Waals surface area contributed by atoms with Gasteiger partial charge in [-0.2, -0.15) is 0 Å². The van der Waals surface area contributed by atoms with Crippen LogP contribution in [-0.2, 0) is 11.3 Å².